The molecule has 0 unspecified atom stereocenters. The third-order valence-corrected chi connectivity index (χ3v) is 1.74. The maximum Gasteiger partial charge on any atom is 0.353 e. The topological polar surface area (TPSA) is 18.5 Å². The van der Waals surface area contributed by atoms with Crippen LogP contribution < -0.4 is 0 Å². The minimum atomic E-state index is -3.12. The molecule has 0 rings (SSSR count). The first-order chi connectivity index (χ1) is 8.28. The van der Waals surface area contributed by atoms with Gasteiger partial charge in [0.25, 0.3) is 0 Å². The molecular formula is C14H24F2O2. The van der Waals surface area contributed by atoms with E-state index in [1.807, 2.05) is 20.8 Å². The maximum absolute atomic E-state index is 12.3. The monoisotopic (exact) mass is 262 g/mol. The standard InChI is InChI=1S/C12H18F2O2.C2H6/c1-6-10(4)11(9(2)3)15-7-8-16-12(5,13)14;1-2/h6H,1-2,7-8H2,3-5H3;1-2H3/b11-10+;. The second-order valence-corrected chi connectivity index (χ2v) is 3.50. The number of hydrogen-bond donors (Lipinski definition) is 0. The lowest BCUT2D eigenvalue weighted by atomic mass is 10.2. The summed E-state index contributed by atoms with van der Waals surface area (Å²) in [6.07, 6.45) is -1.50. The Hall–Kier alpha value is -1.16. The summed E-state index contributed by atoms with van der Waals surface area (Å²) < 4.78 is 34.2. The van der Waals surface area contributed by atoms with E-state index >= 15 is 0 Å². The molecule has 0 fully saturated rings. The van der Waals surface area contributed by atoms with Crippen molar-refractivity contribution in [1.82, 2.24) is 0 Å². The quantitative estimate of drug-likeness (QED) is 0.376. The highest BCUT2D eigenvalue weighted by Gasteiger charge is 2.21. The molecule has 0 atom stereocenters. The highest BCUT2D eigenvalue weighted by Crippen LogP contribution is 2.16. The number of alkyl halides is 2. The van der Waals surface area contributed by atoms with Gasteiger partial charge in [0.1, 0.15) is 12.4 Å². The van der Waals surface area contributed by atoms with E-state index in [9.17, 15) is 8.78 Å². The van der Waals surface area contributed by atoms with Crippen molar-refractivity contribution >= 4 is 0 Å². The van der Waals surface area contributed by atoms with E-state index in [4.69, 9.17) is 4.74 Å². The van der Waals surface area contributed by atoms with Gasteiger partial charge in [-0.25, -0.2) is 0 Å². The Morgan fingerprint density at radius 1 is 1.22 bits per heavy atom. The average molecular weight is 262 g/mol. The predicted molar refractivity (Wildman–Crippen MR) is 71.6 cm³/mol. The fourth-order valence-electron chi connectivity index (χ4n) is 1.03. The van der Waals surface area contributed by atoms with Crippen molar-refractivity contribution in [2.24, 2.45) is 0 Å². The van der Waals surface area contributed by atoms with Gasteiger partial charge in [-0.2, -0.15) is 8.78 Å². The third kappa shape index (κ3) is 10.0. The van der Waals surface area contributed by atoms with E-state index in [0.717, 1.165) is 11.1 Å². The molecule has 0 saturated carbocycles. The fourth-order valence-corrected chi connectivity index (χ4v) is 1.03. The third-order valence-electron chi connectivity index (χ3n) is 1.74. The number of hydrogen-bond acceptors (Lipinski definition) is 2. The molecular weight excluding hydrogens is 238 g/mol. The Kier molecular flexibility index (Phi) is 10.5. The molecule has 18 heavy (non-hydrogen) atoms. The van der Waals surface area contributed by atoms with Crippen LogP contribution in [0.2, 0.25) is 0 Å². The van der Waals surface area contributed by atoms with E-state index in [0.29, 0.717) is 12.7 Å². The van der Waals surface area contributed by atoms with Crippen LogP contribution in [0.15, 0.2) is 36.1 Å². The van der Waals surface area contributed by atoms with Gasteiger partial charge < -0.3 is 9.47 Å². The smallest absolute Gasteiger partial charge is 0.353 e. The van der Waals surface area contributed by atoms with Crippen molar-refractivity contribution in [2.75, 3.05) is 13.2 Å². The molecule has 2 nitrogen and oxygen atoms in total. The minimum Gasteiger partial charge on any atom is -0.491 e. The Morgan fingerprint density at radius 3 is 2.06 bits per heavy atom. The van der Waals surface area contributed by atoms with Crippen LogP contribution in [0.3, 0.4) is 0 Å². The summed E-state index contributed by atoms with van der Waals surface area (Å²) in [5, 5.41) is 0. The molecule has 0 bridgehead atoms. The molecule has 106 valence electrons. The highest BCUT2D eigenvalue weighted by atomic mass is 19.3. The highest BCUT2D eigenvalue weighted by molar-refractivity contribution is 5.31. The summed E-state index contributed by atoms with van der Waals surface area (Å²) in [6, 6.07) is 0. The van der Waals surface area contributed by atoms with Gasteiger partial charge in [-0.3, -0.25) is 0 Å². The Bertz CT molecular complexity index is 289. The largest absolute Gasteiger partial charge is 0.491 e. The van der Waals surface area contributed by atoms with Gasteiger partial charge in [0.15, 0.2) is 0 Å². The second-order valence-electron chi connectivity index (χ2n) is 3.50. The molecule has 0 amide bonds. The Balaban J connectivity index is 0. The molecule has 0 aromatic rings. The van der Waals surface area contributed by atoms with Crippen LogP contribution in [0.4, 0.5) is 8.78 Å². The first-order valence-corrected chi connectivity index (χ1v) is 5.91. The van der Waals surface area contributed by atoms with E-state index < -0.39 is 6.11 Å². The molecule has 0 heterocycles. The van der Waals surface area contributed by atoms with Gasteiger partial charge >= 0.3 is 6.11 Å². The van der Waals surface area contributed by atoms with Crippen LogP contribution in [0, 0.1) is 0 Å². The van der Waals surface area contributed by atoms with Crippen LogP contribution in [0.25, 0.3) is 0 Å². The van der Waals surface area contributed by atoms with Gasteiger partial charge in [-0.05, 0) is 25.0 Å². The first-order valence-electron chi connectivity index (χ1n) is 5.91. The van der Waals surface area contributed by atoms with Gasteiger partial charge in [0, 0.05) is 6.92 Å². The first kappa shape index (κ1) is 19.2. The van der Waals surface area contributed by atoms with Gasteiger partial charge in [0.05, 0.1) is 6.61 Å². The van der Waals surface area contributed by atoms with E-state index in [1.165, 1.54) is 0 Å². The molecule has 0 N–H and O–H groups in total. The van der Waals surface area contributed by atoms with Crippen molar-refractivity contribution < 1.29 is 18.3 Å². The molecule has 0 aliphatic rings. The van der Waals surface area contributed by atoms with Crippen molar-refractivity contribution in [3.63, 3.8) is 0 Å². The van der Waals surface area contributed by atoms with Crippen LogP contribution >= 0.6 is 0 Å². The summed E-state index contributed by atoms with van der Waals surface area (Å²) in [5.41, 5.74) is 1.54. The summed E-state index contributed by atoms with van der Waals surface area (Å²) in [6.45, 7) is 15.5. The molecule has 0 aliphatic heterocycles. The molecule has 4 heteroatoms. The van der Waals surface area contributed by atoms with Crippen LogP contribution in [-0.2, 0) is 9.47 Å². The van der Waals surface area contributed by atoms with Gasteiger partial charge in [0.2, 0.25) is 0 Å². The lowest BCUT2D eigenvalue weighted by molar-refractivity contribution is -0.227. The molecule has 0 saturated heterocycles. The van der Waals surface area contributed by atoms with Crippen molar-refractivity contribution in [3.05, 3.63) is 36.1 Å². The van der Waals surface area contributed by atoms with E-state index in [1.54, 1.807) is 13.0 Å². The van der Waals surface area contributed by atoms with Crippen LogP contribution in [0.1, 0.15) is 34.6 Å². The summed E-state index contributed by atoms with van der Waals surface area (Å²) >= 11 is 0. The number of allylic oxidation sites excluding steroid dienone is 3. The molecule has 0 radical (unpaired) electrons. The van der Waals surface area contributed by atoms with Crippen molar-refractivity contribution in [2.45, 2.75) is 40.7 Å². The Morgan fingerprint density at radius 2 is 1.72 bits per heavy atom. The number of halogens is 2. The average Bonchev–Trinajstić information content (AvgIpc) is 2.29. The van der Waals surface area contributed by atoms with Gasteiger partial charge in [-0.15, -0.1) is 0 Å². The lowest BCUT2D eigenvalue weighted by Gasteiger charge is -2.15. The van der Waals surface area contributed by atoms with Crippen molar-refractivity contribution in [1.29, 1.82) is 0 Å². The molecule has 0 aromatic carbocycles. The van der Waals surface area contributed by atoms with E-state index in [-0.39, 0.29) is 13.2 Å². The van der Waals surface area contributed by atoms with Gasteiger partial charge in [-0.1, -0.05) is 33.1 Å². The van der Waals surface area contributed by atoms with E-state index in [2.05, 4.69) is 17.9 Å². The predicted octanol–water partition coefficient (Wildman–Crippen LogP) is 4.69. The normalized spacial score (nSPS) is 11.9. The maximum atomic E-state index is 12.3. The summed E-state index contributed by atoms with van der Waals surface area (Å²) in [5.74, 6) is 0.568. The second kappa shape index (κ2) is 9.83. The van der Waals surface area contributed by atoms with Crippen LogP contribution in [0.5, 0.6) is 0 Å². The molecule has 0 aromatic heterocycles. The lowest BCUT2D eigenvalue weighted by Crippen LogP contribution is -2.18. The zero-order valence-electron chi connectivity index (χ0n) is 12.0. The molecule has 0 spiro atoms. The number of rotatable bonds is 7. The molecule has 0 aliphatic carbocycles. The van der Waals surface area contributed by atoms with Crippen molar-refractivity contribution in [3.8, 4) is 0 Å². The summed E-state index contributed by atoms with van der Waals surface area (Å²) in [4.78, 5) is 0. The number of ether oxygens (including phenoxy) is 2. The fraction of sp³-hybridized carbons (Fsp3) is 0.571. The zero-order chi connectivity index (χ0) is 14.8. The SMILES string of the molecule is C=C/C(C)=C(/OCCOC(C)(F)F)C(=C)C.CC. The van der Waals surface area contributed by atoms with Crippen LogP contribution in [-0.4, -0.2) is 19.3 Å². The minimum absolute atomic E-state index is 0.0524. The summed E-state index contributed by atoms with van der Waals surface area (Å²) in [7, 11) is 0. The zero-order valence-corrected chi connectivity index (χ0v) is 12.0. The Labute approximate surface area is 109 Å².